The van der Waals surface area contributed by atoms with Gasteiger partial charge in [0.1, 0.15) is 0 Å². The zero-order valence-electron chi connectivity index (χ0n) is 15.3. The molecule has 1 aromatic heterocycles. The summed E-state index contributed by atoms with van der Waals surface area (Å²) in [6.07, 6.45) is 2.43. The molecule has 2 aromatic carbocycles. The molecule has 2 N–H and O–H groups in total. The first-order valence-corrected chi connectivity index (χ1v) is 9.12. The Kier molecular flexibility index (Phi) is 5.84. The SMILES string of the molecule is CCC(C(=O)Nc1c(CCc2ccccc2)n[nH]c1C)c1ccccc1. The number of anilines is 1. The Morgan fingerprint density at radius 2 is 1.69 bits per heavy atom. The predicted octanol–water partition coefficient (Wildman–Crippen LogP) is 4.64. The quantitative estimate of drug-likeness (QED) is 0.654. The van der Waals surface area contributed by atoms with Crippen molar-refractivity contribution in [3.05, 3.63) is 83.2 Å². The average molecular weight is 347 g/mol. The molecule has 4 nitrogen and oxygen atoms in total. The molecular weight excluding hydrogens is 322 g/mol. The molecule has 0 aliphatic rings. The highest BCUT2D eigenvalue weighted by atomic mass is 16.1. The lowest BCUT2D eigenvalue weighted by molar-refractivity contribution is -0.117. The van der Waals surface area contributed by atoms with Crippen LogP contribution in [0.15, 0.2) is 60.7 Å². The van der Waals surface area contributed by atoms with Crippen LogP contribution in [0, 0.1) is 6.92 Å². The van der Waals surface area contributed by atoms with E-state index < -0.39 is 0 Å². The Bertz CT molecular complexity index is 840. The molecule has 3 rings (SSSR count). The number of nitrogens with zero attached hydrogens (tertiary/aromatic N) is 1. The second kappa shape index (κ2) is 8.48. The van der Waals surface area contributed by atoms with E-state index in [0.29, 0.717) is 0 Å². The van der Waals surface area contributed by atoms with E-state index >= 15 is 0 Å². The van der Waals surface area contributed by atoms with Crippen molar-refractivity contribution in [2.45, 2.75) is 39.0 Å². The number of hydrogen-bond donors (Lipinski definition) is 2. The summed E-state index contributed by atoms with van der Waals surface area (Å²) in [5, 5.41) is 10.5. The van der Waals surface area contributed by atoms with Gasteiger partial charge in [-0.25, -0.2) is 0 Å². The van der Waals surface area contributed by atoms with Gasteiger partial charge in [0, 0.05) is 0 Å². The van der Waals surface area contributed by atoms with E-state index in [1.165, 1.54) is 5.56 Å². The van der Waals surface area contributed by atoms with E-state index in [4.69, 9.17) is 0 Å². The second-order valence-corrected chi connectivity index (χ2v) is 6.52. The Labute approximate surface area is 154 Å². The number of amides is 1. The maximum absolute atomic E-state index is 12.9. The van der Waals surface area contributed by atoms with Crippen molar-refractivity contribution in [2.75, 3.05) is 5.32 Å². The second-order valence-electron chi connectivity index (χ2n) is 6.52. The van der Waals surface area contributed by atoms with E-state index in [1.807, 2.05) is 62.4 Å². The van der Waals surface area contributed by atoms with Gasteiger partial charge in [-0.3, -0.25) is 9.89 Å². The van der Waals surface area contributed by atoms with Gasteiger partial charge in [-0.05, 0) is 37.3 Å². The van der Waals surface area contributed by atoms with Gasteiger partial charge in [-0.2, -0.15) is 5.10 Å². The highest BCUT2D eigenvalue weighted by molar-refractivity contribution is 5.96. The Hall–Kier alpha value is -2.88. The number of nitrogens with one attached hydrogen (secondary N) is 2. The highest BCUT2D eigenvalue weighted by Gasteiger charge is 2.21. The van der Waals surface area contributed by atoms with Gasteiger partial charge in [0.05, 0.1) is 23.0 Å². The summed E-state index contributed by atoms with van der Waals surface area (Å²) in [6.45, 7) is 3.98. The largest absolute Gasteiger partial charge is 0.322 e. The van der Waals surface area contributed by atoms with Crippen LogP contribution in [-0.2, 0) is 17.6 Å². The van der Waals surface area contributed by atoms with Crippen LogP contribution in [0.2, 0.25) is 0 Å². The molecule has 1 atom stereocenters. The van der Waals surface area contributed by atoms with Crippen molar-refractivity contribution < 1.29 is 4.79 Å². The zero-order chi connectivity index (χ0) is 18.4. The molecule has 1 unspecified atom stereocenters. The number of benzene rings is 2. The number of carbonyl (C=O) groups excluding carboxylic acids is 1. The van der Waals surface area contributed by atoms with E-state index in [2.05, 4.69) is 27.6 Å². The van der Waals surface area contributed by atoms with Crippen LogP contribution in [-0.4, -0.2) is 16.1 Å². The molecule has 0 bridgehead atoms. The molecule has 3 aromatic rings. The lowest BCUT2D eigenvalue weighted by Crippen LogP contribution is -2.21. The lowest BCUT2D eigenvalue weighted by Gasteiger charge is -2.16. The molecule has 0 radical (unpaired) electrons. The highest BCUT2D eigenvalue weighted by Crippen LogP contribution is 2.25. The lowest BCUT2D eigenvalue weighted by atomic mass is 9.95. The zero-order valence-corrected chi connectivity index (χ0v) is 15.3. The third kappa shape index (κ3) is 4.20. The predicted molar refractivity (Wildman–Crippen MR) is 105 cm³/mol. The molecule has 4 heteroatoms. The minimum absolute atomic E-state index is 0.0177. The summed E-state index contributed by atoms with van der Waals surface area (Å²) < 4.78 is 0. The van der Waals surface area contributed by atoms with Crippen molar-refractivity contribution in [1.29, 1.82) is 0 Å². The third-order valence-electron chi connectivity index (χ3n) is 4.69. The number of carbonyl (C=O) groups is 1. The summed E-state index contributed by atoms with van der Waals surface area (Å²) in [4.78, 5) is 12.9. The average Bonchev–Trinajstić information content (AvgIpc) is 3.02. The summed E-state index contributed by atoms with van der Waals surface area (Å²) in [5.41, 5.74) is 4.92. The van der Waals surface area contributed by atoms with Crippen molar-refractivity contribution in [2.24, 2.45) is 0 Å². The summed E-state index contributed by atoms with van der Waals surface area (Å²) >= 11 is 0. The van der Waals surface area contributed by atoms with E-state index in [1.54, 1.807) is 0 Å². The molecule has 1 amide bonds. The van der Waals surface area contributed by atoms with Crippen molar-refractivity contribution in [3.63, 3.8) is 0 Å². The Morgan fingerprint density at radius 1 is 1.04 bits per heavy atom. The van der Waals surface area contributed by atoms with Crippen LogP contribution in [0.3, 0.4) is 0 Å². The normalized spacial score (nSPS) is 11.9. The van der Waals surface area contributed by atoms with Crippen LogP contribution in [0.5, 0.6) is 0 Å². The van der Waals surface area contributed by atoms with Crippen LogP contribution >= 0.6 is 0 Å². The van der Waals surface area contributed by atoms with Gasteiger partial charge >= 0.3 is 0 Å². The summed E-state index contributed by atoms with van der Waals surface area (Å²) in [7, 11) is 0. The van der Waals surface area contributed by atoms with Crippen molar-refractivity contribution in [1.82, 2.24) is 10.2 Å². The van der Waals surface area contributed by atoms with E-state index in [9.17, 15) is 4.79 Å². The first-order valence-electron chi connectivity index (χ1n) is 9.12. The monoisotopic (exact) mass is 347 g/mol. The van der Waals surface area contributed by atoms with Crippen LogP contribution < -0.4 is 5.32 Å². The minimum Gasteiger partial charge on any atom is -0.322 e. The number of rotatable bonds is 7. The summed E-state index contributed by atoms with van der Waals surface area (Å²) in [5.74, 6) is -0.142. The van der Waals surface area contributed by atoms with Crippen molar-refractivity contribution in [3.8, 4) is 0 Å². The van der Waals surface area contributed by atoms with E-state index in [0.717, 1.165) is 41.9 Å². The smallest absolute Gasteiger partial charge is 0.232 e. The number of hydrogen-bond acceptors (Lipinski definition) is 2. The maximum atomic E-state index is 12.9. The minimum atomic E-state index is -0.160. The number of aryl methyl sites for hydroxylation is 3. The van der Waals surface area contributed by atoms with Gasteiger partial charge < -0.3 is 5.32 Å². The fourth-order valence-electron chi connectivity index (χ4n) is 3.20. The van der Waals surface area contributed by atoms with Crippen molar-refractivity contribution >= 4 is 11.6 Å². The molecular formula is C22H25N3O. The van der Waals surface area contributed by atoms with Crippen LogP contribution in [0.4, 0.5) is 5.69 Å². The number of aromatic amines is 1. The molecule has 0 spiro atoms. The Morgan fingerprint density at radius 3 is 2.35 bits per heavy atom. The maximum Gasteiger partial charge on any atom is 0.232 e. The van der Waals surface area contributed by atoms with Gasteiger partial charge in [-0.1, -0.05) is 67.6 Å². The molecule has 0 saturated heterocycles. The first kappa shape index (κ1) is 17.9. The number of aromatic nitrogens is 2. The fourth-order valence-corrected chi connectivity index (χ4v) is 3.20. The van der Waals surface area contributed by atoms with Gasteiger partial charge in [0.2, 0.25) is 5.91 Å². The molecule has 1 heterocycles. The van der Waals surface area contributed by atoms with Gasteiger partial charge in [-0.15, -0.1) is 0 Å². The molecule has 0 aliphatic heterocycles. The topological polar surface area (TPSA) is 57.8 Å². The van der Waals surface area contributed by atoms with Crippen LogP contribution in [0.1, 0.15) is 41.8 Å². The molecule has 0 aliphatic carbocycles. The van der Waals surface area contributed by atoms with Gasteiger partial charge in [0.25, 0.3) is 0 Å². The molecule has 134 valence electrons. The molecule has 0 fully saturated rings. The standard InChI is InChI=1S/C22H25N3O/c1-3-19(18-12-8-5-9-13-18)22(26)23-21-16(2)24-25-20(21)15-14-17-10-6-4-7-11-17/h4-13,19H,3,14-15H2,1-2H3,(H,23,26)(H,24,25). The van der Waals surface area contributed by atoms with Gasteiger partial charge in [0.15, 0.2) is 0 Å². The fraction of sp³-hybridized carbons (Fsp3) is 0.273. The first-order chi connectivity index (χ1) is 12.7. The molecule has 26 heavy (non-hydrogen) atoms. The Balaban J connectivity index is 1.73. The number of H-pyrrole nitrogens is 1. The third-order valence-corrected chi connectivity index (χ3v) is 4.69. The van der Waals surface area contributed by atoms with Crippen LogP contribution in [0.25, 0.3) is 0 Å². The van der Waals surface area contributed by atoms with E-state index in [-0.39, 0.29) is 11.8 Å². The summed E-state index contributed by atoms with van der Waals surface area (Å²) in [6, 6.07) is 20.2. The molecule has 0 saturated carbocycles.